The molecule has 0 spiro atoms. The van der Waals surface area contributed by atoms with Crippen molar-refractivity contribution in [2.75, 3.05) is 33.1 Å². The van der Waals surface area contributed by atoms with Crippen LogP contribution in [0.3, 0.4) is 0 Å². The molecule has 1 aliphatic heterocycles. The Kier molecular flexibility index (Phi) is 4.96. The summed E-state index contributed by atoms with van der Waals surface area (Å²) < 4.78 is 1.05. The number of amides is 1. The zero-order valence-corrected chi connectivity index (χ0v) is 19.2. The van der Waals surface area contributed by atoms with E-state index >= 15 is 0 Å². The molecule has 0 aliphatic carbocycles. The van der Waals surface area contributed by atoms with Crippen molar-refractivity contribution in [3.63, 3.8) is 0 Å². The Morgan fingerprint density at radius 3 is 2.17 bits per heavy atom. The number of quaternary nitrogens is 2. The summed E-state index contributed by atoms with van der Waals surface area (Å²) in [6.07, 6.45) is 1.94. The summed E-state index contributed by atoms with van der Waals surface area (Å²) in [6.45, 7) is 10.4. The molecule has 2 aromatic rings. The molecule has 154 valence electrons. The van der Waals surface area contributed by atoms with Crippen molar-refractivity contribution in [3.05, 3.63) is 47.5 Å². The number of fused-ring (bicyclic) bond motifs is 1. The molecule has 5 heteroatoms. The van der Waals surface area contributed by atoms with Crippen LogP contribution in [0.2, 0.25) is 0 Å². The van der Waals surface area contributed by atoms with Crippen molar-refractivity contribution in [1.82, 2.24) is 9.08 Å². The number of anilines is 2. The molecule has 0 atom stereocenters. The maximum absolute atomic E-state index is 12.9. The lowest BCUT2D eigenvalue weighted by molar-refractivity contribution is -0.115. The average Bonchev–Trinajstić information content (AvgIpc) is 2.89. The van der Waals surface area contributed by atoms with Gasteiger partial charge in [0.15, 0.2) is 11.4 Å². The lowest BCUT2D eigenvalue weighted by Gasteiger charge is -2.43. The van der Waals surface area contributed by atoms with Gasteiger partial charge in [0.2, 0.25) is 5.91 Å². The normalized spacial score (nSPS) is 15.3. The lowest BCUT2D eigenvalue weighted by Crippen LogP contribution is -2.56. The maximum atomic E-state index is 12.9. The predicted octanol–water partition coefficient (Wildman–Crippen LogP) is 4.96. The van der Waals surface area contributed by atoms with Gasteiger partial charge in [-0.05, 0) is 39.8 Å². The third-order valence-electron chi connectivity index (χ3n) is 6.33. The van der Waals surface area contributed by atoms with Gasteiger partial charge in [-0.2, -0.15) is 4.59 Å². The Hall–Kier alpha value is -2.50. The van der Waals surface area contributed by atoms with Crippen LogP contribution in [0.4, 0.5) is 22.7 Å². The third kappa shape index (κ3) is 3.61. The van der Waals surface area contributed by atoms with Crippen LogP contribution in [0.5, 0.6) is 0 Å². The first-order valence-corrected chi connectivity index (χ1v) is 10.1. The predicted molar refractivity (Wildman–Crippen MR) is 125 cm³/mol. The van der Waals surface area contributed by atoms with Gasteiger partial charge in [0.25, 0.3) is 0 Å². The molecule has 0 radical (unpaired) electrons. The van der Waals surface area contributed by atoms with E-state index in [-0.39, 0.29) is 11.4 Å². The van der Waals surface area contributed by atoms with E-state index in [4.69, 9.17) is 0 Å². The molecule has 0 unspecified atom stereocenters. The van der Waals surface area contributed by atoms with Crippen LogP contribution in [-0.4, -0.2) is 45.9 Å². The SMILES string of the molecule is CC(=O)N(c1ccc(C)cc1)c1cc2c(cc1[N+](C)(C)C(C)(C)C)C=N[N+]2(C)C. The Balaban J connectivity index is 2.33. The molecule has 1 heterocycles. The van der Waals surface area contributed by atoms with Crippen LogP contribution in [0.15, 0.2) is 41.5 Å². The van der Waals surface area contributed by atoms with Gasteiger partial charge < -0.3 is 0 Å². The van der Waals surface area contributed by atoms with Crippen molar-refractivity contribution in [1.29, 1.82) is 0 Å². The van der Waals surface area contributed by atoms with Crippen molar-refractivity contribution in [2.24, 2.45) is 5.10 Å². The van der Waals surface area contributed by atoms with Gasteiger partial charge in [-0.1, -0.05) is 22.8 Å². The van der Waals surface area contributed by atoms with Crippen molar-refractivity contribution >= 4 is 34.9 Å². The zero-order valence-electron chi connectivity index (χ0n) is 19.2. The molecule has 0 saturated heterocycles. The third-order valence-corrected chi connectivity index (χ3v) is 6.33. The molecule has 1 amide bonds. The van der Waals surface area contributed by atoms with Gasteiger partial charge >= 0.3 is 0 Å². The van der Waals surface area contributed by atoms with Crippen LogP contribution in [-0.2, 0) is 4.79 Å². The van der Waals surface area contributed by atoms with Gasteiger partial charge in [0.05, 0.1) is 45.5 Å². The van der Waals surface area contributed by atoms with Crippen molar-refractivity contribution < 1.29 is 4.79 Å². The molecule has 0 saturated carbocycles. The Morgan fingerprint density at radius 2 is 1.66 bits per heavy atom. The monoisotopic (exact) mass is 394 g/mol. The minimum atomic E-state index is -0.0567. The van der Waals surface area contributed by atoms with Crippen LogP contribution >= 0.6 is 0 Å². The summed E-state index contributed by atoms with van der Waals surface area (Å²) in [4.78, 5) is 14.7. The topological polar surface area (TPSA) is 32.7 Å². The van der Waals surface area contributed by atoms with Gasteiger partial charge in [-0.3, -0.25) is 14.2 Å². The number of carbonyl (C=O) groups excluding carboxylic acids is 1. The van der Waals surface area contributed by atoms with E-state index < -0.39 is 0 Å². The second-order valence-electron chi connectivity index (χ2n) is 9.85. The molecular weight excluding hydrogens is 360 g/mol. The molecule has 1 aliphatic rings. The van der Waals surface area contributed by atoms with E-state index in [0.717, 1.165) is 28.3 Å². The quantitative estimate of drug-likeness (QED) is 0.677. The minimum Gasteiger partial charge on any atom is -0.290 e. The first-order valence-electron chi connectivity index (χ1n) is 10.1. The maximum Gasteiger partial charge on any atom is 0.228 e. The fraction of sp³-hybridized carbons (Fsp3) is 0.417. The number of benzene rings is 2. The molecule has 0 bridgehead atoms. The average molecular weight is 395 g/mol. The smallest absolute Gasteiger partial charge is 0.228 e. The highest BCUT2D eigenvalue weighted by molar-refractivity contribution is 6.05. The van der Waals surface area contributed by atoms with Crippen LogP contribution in [0.25, 0.3) is 0 Å². The molecule has 29 heavy (non-hydrogen) atoms. The molecule has 0 fully saturated rings. The second-order valence-corrected chi connectivity index (χ2v) is 9.85. The Labute approximate surface area is 175 Å². The van der Waals surface area contributed by atoms with E-state index in [1.807, 2.05) is 35.4 Å². The number of hydrogen-bond donors (Lipinski definition) is 0. The summed E-state index contributed by atoms with van der Waals surface area (Å²) in [7, 11) is 8.51. The van der Waals surface area contributed by atoms with Gasteiger partial charge in [0.1, 0.15) is 5.69 Å². The highest BCUT2D eigenvalue weighted by atomic mass is 16.2. The largest absolute Gasteiger partial charge is 0.290 e. The van der Waals surface area contributed by atoms with Crippen molar-refractivity contribution in [3.8, 4) is 0 Å². The van der Waals surface area contributed by atoms with E-state index in [1.54, 1.807) is 6.92 Å². The van der Waals surface area contributed by atoms with Crippen LogP contribution in [0, 0.1) is 6.92 Å². The molecule has 0 aromatic heterocycles. The van der Waals surface area contributed by atoms with Crippen LogP contribution < -0.4 is 14.0 Å². The molecule has 0 N–H and O–H groups in total. The summed E-state index contributed by atoms with van der Waals surface area (Å²) in [6, 6.07) is 12.5. The van der Waals surface area contributed by atoms with Crippen LogP contribution in [0.1, 0.15) is 38.8 Å². The zero-order chi connectivity index (χ0) is 21.8. The minimum absolute atomic E-state index is 0.00631. The fourth-order valence-corrected chi connectivity index (χ4v) is 3.60. The first kappa shape index (κ1) is 21.2. The summed E-state index contributed by atoms with van der Waals surface area (Å²) >= 11 is 0. The number of nitrogens with zero attached hydrogens (tertiary/aromatic N) is 4. The summed E-state index contributed by atoms with van der Waals surface area (Å²) in [5, 5.41) is 4.65. The van der Waals surface area contributed by atoms with Gasteiger partial charge in [0, 0.05) is 24.7 Å². The van der Waals surface area contributed by atoms with E-state index in [1.165, 1.54) is 5.56 Å². The lowest BCUT2D eigenvalue weighted by atomic mass is 9.99. The number of carbonyl (C=O) groups is 1. The van der Waals surface area contributed by atoms with Gasteiger partial charge in [-0.25, -0.2) is 0 Å². The number of hydrogen-bond acceptors (Lipinski definition) is 2. The Bertz CT molecular complexity index is 979. The fourth-order valence-electron chi connectivity index (χ4n) is 3.60. The van der Waals surface area contributed by atoms with Crippen molar-refractivity contribution in [2.45, 2.75) is 40.2 Å². The standard InChI is InChI=1S/C24H34N4O/c1-17-10-12-20(13-11-17)26(18(2)29)21-15-22-19(16-25-28(22,8)9)14-23(21)27(6,7)24(3,4)5/h10-16H,1-9H3/q+2. The van der Waals surface area contributed by atoms with E-state index in [2.05, 4.69) is 73.1 Å². The summed E-state index contributed by atoms with van der Waals surface area (Å²) in [5.74, 6) is -0.00631. The molecular formula is C24H34N4O+2. The van der Waals surface area contributed by atoms with E-state index in [0.29, 0.717) is 9.08 Å². The highest BCUT2D eigenvalue weighted by Gasteiger charge is 2.41. The van der Waals surface area contributed by atoms with E-state index in [9.17, 15) is 4.79 Å². The van der Waals surface area contributed by atoms with Gasteiger partial charge in [-0.15, -0.1) is 0 Å². The first-order chi connectivity index (χ1) is 13.3. The Morgan fingerprint density at radius 1 is 1.07 bits per heavy atom. The molecule has 2 aromatic carbocycles. The molecule has 5 nitrogen and oxygen atoms in total. The second kappa shape index (κ2) is 6.78. The number of aryl methyl sites for hydroxylation is 1. The highest BCUT2D eigenvalue weighted by Crippen LogP contribution is 2.45. The molecule has 3 rings (SSSR count). The summed E-state index contributed by atoms with van der Waals surface area (Å²) in [5.41, 5.74) is 6.20. The number of rotatable bonds is 3.